The first-order valence-electron chi connectivity index (χ1n) is 2.21. The van der Waals surface area contributed by atoms with Gasteiger partial charge in [-0.15, -0.1) is 0 Å². The molecule has 5 heteroatoms. The SMILES string of the molecule is C=CC(=O)[O-].C=CC(=O)[O-].[Ce]. The van der Waals surface area contributed by atoms with E-state index in [1.807, 2.05) is 0 Å². The second kappa shape index (κ2) is 12.5. The summed E-state index contributed by atoms with van der Waals surface area (Å²) in [5, 5.41) is 18.3. The van der Waals surface area contributed by atoms with E-state index in [2.05, 4.69) is 13.2 Å². The van der Waals surface area contributed by atoms with E-state index < -0.39 is 11.9 Å². The fourth-order valence-corrected chi connectivity index (χ4v) is 0. The van der Waals surface area contributed by atoms with Gasteiger partial charge in [-0.3, -0.25) is 0 Å². The summed E-state index contributed by atoms with van der Waals surface area (Å²) in [5.41, 5.74) is 0. The molecule has 0 aliphatic carbocycles. The third-order valence-electron chi connectivity index (χ3n) is 0.333. The third-order valence-corrected chi connectivity index (χ3v) is 0.333. The maximum Gasteiger partial charge on any atom is 0.0636 e. The molecule has 0 bridgehead atoms. The molecule has 0 aromatic rings. The summed E-state index contributed by atoms with van der Waals surface area (Å²) < 4.78 is 0. The number of hydrogen-bond donors (Lipinski definition) is 0. The molecule has 0 heterocycles. The van der Waals surface area contributed by atoms with Crippen molar-refractivity contribution in [3.63, 3.8) is 0 Å². The van der Waals surface area contributed by atoms with E-state index >= 15 is 0 Å². The van der Waals surface area contributed by atoms with Crippen molar-refractivity contribution >= 4 is 11.9 Å². The molecule has 0 saturated carbocycles. The summed E-state index contributed by atoms with van der Waals surface area (Å²) in [4.78, 5) is 18.3. The Morgan fingerprint density at radius 3 is 1.09 bits per heavy atom. The molecule has 0 aromatic carbocycles. The van der Waals surface area contributed by atoms with E-state index in [-0.39, 0.29) is 41.7 Å². The fourth-order valence-electron chi connectivity index (χ4n) is 0. The first kappa shape index (κ1) is 17.0. The molecule has 0 fully saturated rings. The molecule has 60 valence electrons. The third kappa shape index (κ3) is 41.3. The van der Waals surface area contributed by atoms with Crippen LogP contribution in [0.4, 0.5) is 0 Å². The van der Waals surface area contributed by atoms with Crippen LogP contribution in [0, 0.1) is 41.7 Å². The van der Waals surface area contributed by atoms with Crippen molar-refractivity contribution < 1.29 is 61.5 Å². The molecule has 0 spiro atoms. The van der Waals surface area contributed by atoms with Crippen LogP contribution >= 0.6 is 0 Å². The van der Waals surface area contributed by atoms with Gasteiger partial charge in [0.25, 0.3) is 0 Å². The zero-order valence-corrected chi connectivity index (χ0v) is 8.84. The Labute approximate surface area is 98.0 Å². The van der Waals surface area contributed by atoms with Crippen molar-refractivity contribution in [1.29, 1.82) is 0 Å². The minimum Gasteiger partial charge on any atom is -0.545 e. The van der Waals surface area contributed by atoms with Gasteiger partial charge in [0, 0.05) is 41.7 Å². The zero-order chi connectivity index (χ0) is 8.57. The zero-order valence-electron chi connectivity index (χ0n) is 5.70. The molecule has 0 unspecified atom stereocenters. The first-order valence-corrected chi connectivity index (χ1v) is 2.21. The number of hydrogen-bond acceptors (Lipinski definition) is 4. The number of carbonyl (C=O) groups is 2. The molecule has 0 aliphatic heterocycles. The smallest absolute Gasteiger partial charge is 0.0636 e. The predicted molar refractivity (Wildman–Crippen MR) is 30.4 cm³/mol. The summed E-state index contributed by atoms with van der Waals surface area (Å²) >= 11 is 0. The normalized spacial score (nSPS) is 5.82. The molecule has 0 aliphatic rings. The predicted octanol–water partition coefficient (Wildman–Crippen LogP) is -2.16. The topological polar surface area (TPSA) is 80.3 Å². The minimum atomic E-state index is -1.23. The molecule has 11 heavy (non-hydrogen) atoms. The Bertz CT molecular complexity index is 135. The molecule has 4 nitrogen and oxygen atoms in total. The molecule has 0 amide bonds. The summed E-state index contributed by atoms with van der Waals surface area (Å²) in [6.45, 7) is 5.80. The number of aliphatic carboxylic acids is 2. The van der Waals surface area contributed by atoms with Gasteiger partial charge in [0.05, 0.1) is 11.9 Å². The van der Waals surface area contributed by atoms with Gasteiger partial charge in [-0.2, -0.15) is 0 Å². The van der Waals surface area contributed by atoms with E-state index in [0.717, 1.165) is 12.2 Å². The Morgan fingerprint density at radius 1 is 1.00 bits per heavy atom. The summed E-state index contributed by atoms with van der Waals surface area (Å²) in [7, 11) is 0. The number of rotatable bonds is 2. The molecule has 0 N–H and O–H groups in total. The summed E-state index contributed by atoms with van der Waals surface area (Å²) in [6, 6.07) is 0. The van der Waals surface area contributed by atoms with Crippen LogP contribution in [0.2, 0.25) is 0 Å². The van der Waals surface area contributed by atoms with Crippen molar-refractivity contribution in [1.82, 2.24) is 0 Å². The van der Waals surface area contributed by atoms with Gasteiger partial charge in [-0.25, -0.2) is 0 Å². The number of carboxylic acid groups (broad SMARTS) is 2. The standard InChI is InChI=1S/2C3H4O2.Ce/c2*1-2-3(4)5;/h2*2H,1H2,(H,4,5);/p-2. The van der Waals surface area contributed by atoms with Gasteiger partial charge in [0.15, 0.2) is 0 Å². The molecular formula is C6H6CeO4-2. The van der Waals surface area contributed by atoms with Gasteiger partial charge in [-0.1, -0.05) is 13.2 Å². The molecule has 0 radical (unpaired) electrons. The average molecular weight is 282 g/mol. The van der Waals surface area contributed by atoms with Crippen LogP contribution in [0.3, 0.4) is 0 Å². The Kier molecular flexibility index (Phi) is 19.3. The molecule has 0 aromatic heterocycles. The van der Waals surface area contributed by atoms with Gasteiger partial charge in [-0.05, 0) is 12.2 Å². The van der Waals surface area contributed by atoms with Crippen molar-refractivity contribution in [2.45, 2.75) is 0 Å². The Hall–Kier alpha value is -0.203. The van der Waals surface area contributed by atoms with Crippen LogP contribution in [0.1, 0.15) is 0 Å². The maximum atomic E-state index is 9.14. The van der Waals surface area contributed by atoms with Crippen molar-refractivity contribution in [3.8, 4) is 0 Å². The second-order valence-corrected chi connectivity index (χ2v) is 1.05. The van der Waals surface area contributed by atoms with Crippen LogP contribution in [0.15, 0.2) is 25.3 Å². The van der Waals surface area contributed by atoms with Crippen LogP contribution in [-0.2, 0) is 9.59 Å². The average Bonchev–Trinajstić information content (AvgIpc) is 1.89. The summed E-state index contributed by atoms with van der Waals surface area (Å²) in [5.74, 6) is -2.46. The van der Waals surface area contributed by atoms with Crippen molar-refractivity contribution in [2.75, 3.05) is 0 Å². The van der Waals surface area contributed by atoms with Crippen LogP contribution < -0.4 is 10.2 Å². The molecule has 0 rings (SSSR count). The molecule has 0 atom stereocenters. The van der Waals surface area contributed by atoms with Gasteiger partial charge in [0.2, 0.25) is 0 Å². The number of carboxylic acids is 2. The Morgan fingerprint density at radius 2 is 1.09 bits per heavy atom. The minimum absolute atomic E-state index is 0. The van der Waals surface area contributed by atoms with Crippen LogP contribution in [0.5, 0.6) is 0 Å². The van der Waals surface area contributed by atoms with E-state index in [4.69, 9.17) is 19.8 Å². The van der Waals surface area contributed by atoms with Gasteiger partial charge in [0.1, 0.15) is 0 Å². The van der Waals surface area contributed by atoms with Crippen molar-refractivity contribution in [3.05, 3.63) is 25.3 Å². The number of carbonyl (C=O) groups excluding carboxylic acids is 2. The van der Waals surface area contributed by atoms with Gasteiger partial charge >= 0.3 is 0 Å². The maximum absolute atomic E-state index is 9.14. The quantitative estimate of drug-likeness (QED) is 0.541. The monoisotopic (exact) mass is 282 g/mol. The van der Waals surface area contributed by atoms with Gasteiger partial charge < -0.3 is 19.8 Å². The molecule has 0 saturated heterocycles. The van der Waals surface area contributed by atoms with E-state index in [0.29, 0.717) is 0 Å². The Balaban J connectivity index is -0.000000107. The van der Waals surface area contributed by atoms with Crippen LogP contribution in [0.25, 0.3) is 0 Å². The van der Waals surface area contributed by atoms with Crippen LogP contribution in [-0.4, -0.2) is 11.9 Å². The van der Waals surface area contributed by atoms with E-state index in [9.17, 15) is 0 Å². The first-order chi connectivity index (χ1) is 4.54. The van der Waals surface area contributed by atoms with Crippen molar-refractivity contribution in [2.24, 2.45) is 0 Å². The van der Waals surface area contributed by atoms with E-state index in [1.165, 1.54) is 0 Å². The summed E-state index contributed by atoms with van der Waals surface area (Å²) in [6.07, 6.45) is 1.44. The second-order valence-electron chi connectivity index (χ2n) is 1.05. The fraction of sp³-hybridized carbons (Fsp3) is 0. The largest absolute Gasteiger partial charge is 0.545 e. The van der Waals surface area contributed by atoms with E-state index in [1.54, 1.807) is 0 Å². The molecular weight excluding hydrogens is 276 g/mol.